The number of pyridine rings is 1. The third-order valence-electron chi connectivity index (χ3n) is 2.37. The lowest BCUT2D eigenvalue weighted by atomic mass is 10.1. The molecule has 0 fully saturated rings. The van der Waals surface area contributed by atoms with Crippen LogP contribution >= 0.6 is 0 Å². The number of H-pyrrole nitrogens is 1. The summed E-state index contributed by atoms with van der Waals surface area (Å²) in [6.45, 7) is 1.67. The van der Waals surface area contributed by atoms with E-state index in [0.29, 0.717) is 5.56 Å². The highest BCUT2D eigenvalue weighted by atomic mass is 19.1. The van der Waals surface area contributed by atoms with Crippen molar-refractivity contribution >= 4 is 16.9 Å². The predicted molar refractivity (Wildman–Crippen MR) is 56.2 cm³/mol. The summed E-state index contributed by atoms with van der Waals surface area (Å²) in [5.41, 5.74) is -0.0277. The lowest BCUT2D eigenvalue weighted by Crippen LogP contribution is -2.11. The van der Waals surface area contributed by atoms with E-state index in [-0.39, 0.29) is 16.6 Å². The Balaban J connectivity index is 2.98. The number of hydrogen-bond donors (Lipinski definition) is 2. The smallest absolute Gasteiger partial charge is 0.352 e. The highest BCUT2D eigenvalue weighted by Crippen LogP contribution is 2.16. The Bertz CT molecular complexity index is 645. The molecule has 2 N–H and O–H groups in total. The lowest BCUT2D eigenvalue weighted by Gasteiger charge is -2.04. The number of halogens is 1. The van der Waals surface area contributed by atoms with E-state index in [4.69, 9.17) is 5.11 Å². The Hall–Kier alpha value is -2.17. The molecule has 0 bridgehead atoms. The molecule has 82 valence electrons. The van der Waals surface area contributed by atoms with Crippen molar-refractivity contribution in [2.24, 2.45) is 0 Å². The first-order valence-corrected chi connectivity index (χ1v) is 4.56. The molecule has 0 amide bonds. The summed E-state index contributed by atoms with van der Waals surface area (Å²) >= 11 is 0. The van der Waals surface area contributed by atoms with Gasteiger partial charge in [0.05, 0.1) is 10.9 Å². The van der Waals surface area contributed by atoms with Crippen LogP contribution < -0.4 is 5.43 Å². The van der Waals surface area contributed by atoms with Gasteiger partial charge in [0.15, 0.2) is 5.43 Å². The zero-order valence-corrected chi connectivity index (χ0v) is 8.37. The average Bonchev–Trinajstić information content (AvgIpc) is 2.22. The number of benzene rings is 1. The van der Waals surface area contributed by atoms with Crippen molar-refractivity contribution in [1.29, 1.82) is 0 Å². The van der Waals surface area contributed by atoms with E-state index in [2.05, 4.69) is 4.98 Å². The van der Waals surface area contributed by atoms with Gasteiger partial charge in [-0.25, -0.2) is 9.18 Å². The number of aromatic nitrogens is 1. The van der Waals surface area contributed by atoms with Gasteiger partial charge in [-0.15, -0.1) is 0 Å². The SMILES string of the molecule is Cc1ccc(F)c2c(=O)cc(C(=O)O)[nH]c12. The van der Waals surface area contributed by atoms with E-state index >= 15 is 0 Å². The van der Waals surface area contributed by atoms with Gasteiger partial charge in [0.1, 0.15) is 11.5 Å². The number of aromatic carboxylic acids is 1. The summed E-state index contributed by atoms with van der Waals surface area (Å²) in [6.07, 6.45) is 0. The highest BCUT2D eigenvalue weighted by molar-refractivity contribution is 5.90. The maximum Gasteiger partial charge on any atom is 0.352 e. The first-order valence-electron chi connectivity index (χ1n) is 4.56. The highest BCUT2D eigenvalue weighted by Gasteiger charge is 2.12. The van der Waals surface area contributed by atoms with Crippen molar-refractivity contribution in [3.63, 3.8) is 0 Å². The molecule has 0 radical (unpaired) electrons. The standard InChI is InChI=1S/C11H8FNO3/c1-5-2-3-6(12)9-8(14)4-7(11(15)16)13-10(5)9/h2-4H,1H3,(H,13,14)(H,15,16). The molecule has 2 aromatic rings. The van der Waals surface area contributed by atoms with Gasteiger partial charge >= 0.3 is 5.97 Å². The number of carboxylic acids is 1. The van der Waals surface area contributed by atoms with Gasteiger partial charge in [-0.1, -0.05) is 6.07 Å². The molecule has 5 heteroatoms. The topological polar surface area (TPSA) is 70.2 Å². The van der Waals surface area contributed by atoms with E-state index in [1.165, 1.54) is 12.1 Å². The van der Waals surface area contributed by atoms with Crippen molar-refractivity contribution in [3.05, 3.63) is 45.5 Å². The van der Waals surface area contributed by atoms with Crippen molar-refractivity contribution in [2.75, 3.05) is 0 Å². The van der Waals surface area contributed by atoms with Crippen LogP contribution in [0.25, 0.3) is 10.9 Å². The quantitative estimate of drug-likeness (QED) is 0.769. The Kier molecular flexibility index (Phi) is 2.23. The third kappa shape index (κ3) is 1.46. The lowest BCUT2D eigenvalue weighted by molar-refractivity contribution is 0.0691. The molecule has 0 aliphatic heterocycles. The van der Waals surface area contributed by atoms with Gasteiger partial charge < -0.3 is 10.1 Å². The molecule has 0 aliphatic carbocycles. The summed E-state index contributed by atoms with van der Waals surface area (Å²) in [5, 5.41) is 8.66. The Morgan fingerprint density at radius 1 is 1.44 bits per heavy atom. The molecule has 0 unspecified atom stereocenters. The van der Waals surface area contributed by atoms with Gasteiger partial charge in [0.2, 0.25) is 0 Å². The van der Waals surface area contributed by atoms with Crippen LogP contribution in [0.15, 0.2) is 23.0 Å². The maximum atomic E-state index is 13.4. The number of nitrogens with one attached hydrogen (secondary N) is 1. The summed E-state index contributed by atoms with van der Waals surface area (Å²) in [7, 11) is 0. The maximum absolute atomic E-state index is 13.4. The Labute approximate surface area is 89.3 Å². The minimum Gasteiger partial charge on any atom is -0.477 e. The van der Waals surface area contributed by atoms with Crippen molar-refractivity contribution < 1.29 is 14.3 Å². The van der Waals surface area contributed by atoms with Crippen LogP contribution in [0.2, 0.25) is 0 Å². The zero-order valence-electron chi connectivity index (χ0n) is 8.37. The first kappa shape index (κ1) is 10.4. The first-order chi connectivity index (χ1) is 7.50. The second kappa shape index (κ2) is 3.44. The van der Waals surface area contributed by atoms with Crippen LogP contribution in [0.3, 0.4) is 0 Å². The molecule has 2 rings (SSSR count). The van der Waals surface area contributed by atoms with Gasteiger partial charge in [-0.3, -0.25) is 4.79 Å². The predicted octanol–water partition coefficient (Wildman–Crippen LogP) is 1.67. The molecular weight excluding hydrogens is 213 g/mol. The number of rotatable bonds is 1. The third-order valence-corrected chi connectivity index (χ3v) is 2.37. The molecular formula is C11H8FNO3. The summed E-state index contributed by atoms with van der Waals surface area (Å²) in [5.74, 6) is -1.90. The van der Waals surface area contributed by atoms with Crippen LogP contribution in [0, 0.1) is 12.7 Å². The molecule has 1 heterocycles. The molecule has 1 aromatic heterocycles. The van der Waals surface area contributed by atoms with Crippen molar-refractivity contribution in [2.45, 2.75) is 6.92 Å². The van der Waals surface area contributed by atoms with E-state index in [1.54, 1.807) is 6.92 Å². The van der Waals surface area contributed by atoms with E-state index in [1.807, 2.05) is 0 Å². The molecule has 16 heavy (non-hydrogen) atoms. The van der Waals surface area contributed by atoms with Crippen LogP contribution in [0.1, 0.15) is 16.1 Å². The van der Waals surface area contributed by atoms with Crippen molar-refractivity contribution in [3.8, 4) is 0 Å². The van der Waals surface area contributed by atoms with Crippen LogP contribution in [-0.2, 0) is 0 Å². The number of fused-ring (bicyclic) bond motifs is 1. The summed E-state index contributed by atoms with van der Waals surface area (Å²) < 4.78 is 13.4. The fraction of sp³-hybridized carbons (Fsp3) is 0.0909. The summed E-state index contributed by atoms with van der Waals surface area (Å²) in [4.78, 5) is 24.8. The molecule has 0 aliphatic rings. The number of hydrogen-bond acceptors (Lipinski definition) is 2. The Morgan fingerprint density at radius 3 is 2.75 bits per heavy atom. The second-order valence-electron chi connectivity index (χ2n) is 3.47. The normalized spacial score (nSPS) is 10.6. The van der Waals surface area contributed by atoms with Gasteiger partial charge in [-0.05, 0) is 18.6 Å². The number of aromatic amines is 1. The number of carboxylic acid groups (broad SMARTS) is 1. The van der Waals surface area contributed by atoms with Crippen LogP contribution in [-0.4, -0.2) is 16.1 Å². The van der Waals surface area contributed by atoms with E-state index in [0.717, 1.165) is 6.07 Å². The number of carbonyl (C=O) groups is 1. The van der Waals surface area contributed by atoms with E-state index in [9.17, 15) is 14.0 Å². The fourth-order valence-electron chi connectivity index (χ4n) is 1.57. The van der Waals surface area contributed by atoms with Crippen LogP contribution in [0.4, 0.5) is 4.39 Å². The van der Waals surface area contributed by atoms with Crippen LogP contribution in [0.5, 0.6) is 0 Å². The largest absolute Gasteiger partial charge is 0.477 e. The summed E-state index contributed by atoms with van der Waals surface area (Å²) in [6, 6.07) is 3.56. The molecule has 0 saturated carbocycles. The van der Waals surface area contributed by atoms with Gasteiger partial charge in [0.25, 0.3) is 0 Å². The van der Waals surface area contributed by atoms with Gasteiger partial charge in [-0.2, -0.15) is 0 Å². The average molecular weight is 221 g/mol. The second-order valence-corrected chi connectivity index (χ2v) is 3.47. The minimum atomic E-state index is -1.25. The van der Waals surface area contributed by atoms with Crippen molar-refractivity contribution in [1.82, 2.24) is 4.98 Å². The zero-order chi connectivity index (χ0) is 11.9. The fourth-order valence-corrected chi connectivity index (χ4v) is 1.57. The number of aryl methyl sites for hydroxylation is 1. The molecule has 0 spiro atoms. The Morgan fingerprint density at radius 2 is 2.12 bits per heavy atom. The minimum absolute atomic E-state index is 0.106. The molecule has 4 nitrogen and oxygen atoms in total. The van der Waals surface area contributed by atoms with E-state index < -0.39 is 17.2 Å². The molecule has 0 atom stereocenters. The van der Waals surface area contributed by atoms with Gasteiger partial charge in [0, 0.05) is 6.07 Å². The molecule has 0 saturated heterocycles. The molecule has 1 aromatic carbocycles. The monoisotopic (exact) mass is 221 g/mol.